The maximum Gasteiger partial charge on any atom is 0.0534 e. The van der Waals surface area contributed by atoms with E-state index in [4.69, 9.17) is 0 Å². The van der Waals surface area contributed by atoms with Crippen LogP contribution in [0.15, 0.2) is 36.9 Å². The Balaban J connectivity index is 1.71. The maximum atomic E-state index is 4.49. The topological polar surface area (TPSA) is 34.0 Å². The molecule has 3 rings (SSSR count). The van der Waals surface area contributed by atoms with E-state index in [9.17, 15) is 0 Å². The van der Waals surface area contributed by atoms with Crippen molar-refractivity contribution < 1.29 is 0 Å². The van der Waals surface area contributed by atoms with Gasteiger partial charge in [0, 0.05) is 49.8 Å². The summed E-state index contributed by atoms with van der Waals surface area (Å²) in [6, 6.07) is 4.72. The van der Waals surface area contributed by atoms with Gasteiger partial charge in [-0.3, -0.25) is 14.6 Å². The first-order valence-corrected chi connectivity index (χ1v) is 8.27. The fraction of sp³-hybridized carbons (Fsp3) is 0.556. The summed E-state index contributed by atoms with van der Waals surface area (Å²) in [5.41, 5.74) is 2.64. The first-order chi connectivity index (χ1) is 10.6. The summed E-state index contributed by atoms with van der Waals surface area (Å²) in [5.74, 6) is 1.36. The highest BCUT2D eigenvalue weighted by atomic mass is 15.3. The molecule has 2 unspecified atom stereocenters. The van der Waals surface area contributed by atoms with Gasteiger partial charge in [0.1, 0.15) is 0 Å². The van der Waals surface area contributed by atoms with Gasteiger partial charge < -0.3 is 0 Å². The standard InChI is InChI=1S/C18H26N4/c1-14(2)10-22-13-16(8-20-22)12-21-11-15(3)7-18(21)17-5-4-6-19-9-17/h4-6,8-9,13-15,18H,7,10-12H2,1-3H3. The SMILES string of the molecule is CC(C)Cn1cc(CN2CC(C)CC2c2cccnc2)cn1. The van der Waals surface area contributed by atoms with Crippen LogP contribution in [0.25, 0.3) is 0 Å². The van der Waals surface area contributed by atoms with Gasteiger partial charge in [0.2, 0.25) is 0 Å². The smallest absolute Gasteiger partial charge is 0.0534 e. The number of hydrogen-bond acceptors (Lipinski definition) is 3. The van der Waals surface area contributed by atoms with Crippen molar-refractivity contribution in [1.29, 1.82) is 0 Å². The Morgan fingerprint density at radius 3 is 2.91 bits per heavy atom. The van der Waals surface area contributed by atoms with Gasteiger partial charge in [-0.25, -0.2) is 0 Å². The highest BCUT2D eigenvalue weighted by molar-refractivity contribution is 5.17. The quantitative estimate of drug-likeness (QED) is 0.847. The Morgan fingerprint density at radius 1 is 1.32 bits per heavy atom. The van der Waals surface area contributed by atoms with Crippen molar-refractivity contribution in [3.05, 3.63) is 48.0 Å². The number of rotatable bonds is 5. The minimum absolute atomic E-state index is 0.483. The molecule has 1 saturated heterocycles. The zero-order valence-electron chi connectivity index (χ0n) is 13.8. The van der Waals surface area contributed by atoms with E-state index >= 15 is 0 Å². The van der Waals surface area contributed by atoms with Gasteiger partial charge in [-0.15, -0.1) is 0 Å². The molecule has 0 aromatic carbocycles. The molecule has 118 valence electrons. The third-order valence-electron chi connectivity index (χ3n) is 4.31. The van der Waals surface area contributed by atoms with Crippen LogP contribution in [-0.4, -0.2) is 26.2 Å². The lowest BCUT2D eigenvalue weighted by Gasteiger charge is -2.23. The molecule has 0 spiro atoms. The predicted molar refractivity (Wildman–Crippen MR) is 88.2 cm³/mol. The minimum Gasteiger partial charge on any atom is -0.292 e. The van der Waals surface area contributed by atoms with Crippen molar-refractivity contribution in [2.45, 2.75) is 46.3 Å². The number of nitrogens with zero attached hydrogens (tertiary/aromatic N) is 4. The monoisotopic (exact) mass is 298 g/mol. The van der Waals surface area contributed by atoms with Crippen molar-refractivity contribution >= 4 is 0 Å². The molecule has 4 heteroatoms. The molecule has 1 aliphatic heterocycles. The summed E-state index contributed by atoms with van der Waals surface area (Å²) in [5, 5.41) is 4.49. The molecule has 1 fully saturated rings. The van der Waals surface area contributed by atoms with Gasteiger partial charge >= 0.3 is 0 Å². The molecule has 22 heavy (non-hydrogen) atoms. The Bertz CT molecular complexity index is 590. The lowest BCUT2D eigenvalue weighted by Crippen LogP contribution is -2.23. The normalized spacial score (nSPS) is 22.5. The third kappa shape index (κ3) is 3.55. The first kappa shape index (κ1) is 15.2. The van der Waals surface area contributed by atoms with Crippen molar-refractivity contribution in [1.82, 2.24) is 19.7 Å². The summed E-state index contributed by atoms with van der Waals surface area (Å²) >= 11 is 0. The molecule has 0 bridgehead atoms. The van der Waals surface area contributed by atoms with Crippen molar-refractivity contribution in [3.8, 4) is 0 Å². The van der Waals surface area contributed by atoms with E-state index in [-0.39, 0.29) is 0 Å². The highest BCUT2D eigenvalue weighted by Gasteiger charge is 2.30. The number of pyridine rings is 1. The van der Waals surface area contributed by atoms with Crippen LogP contribution >= 0.6 is 0 Å². The minimum atomic E-state index is 0.483. The summed E-state index contributed by atoms with van der Waals surface area (Å²) in [6.45, 7) is 9.90. The van der Waals surface area contributed by atoms with Crippen LogP contribution in [0.5, 0.6) is 0 Å². The van der Waals surface area contributed by atoms with Crippen LogP contribution in [0.1, 0.15) is 44.4 Å². The molecule has 2 aromatic rings. The van der Waals surface area contributed by atoms with Gasteiger partial charge in [0.05, 0.1) is 6.20 Å². The number of likely N-dealkylation sites (tertiary alicyclic amines) is 1. The third-order valence-corrected chi connectivity index (χ3v) is 4.31. The second-order valence-corrected chi connectivity index (χ2v) is 7.04. The molecule has 0 aliphatic carbocycles. The van der Waals surface area contributed by atoms with Crippen LogP contribution in [0.4, 0.5) is 0 Å². The predicted octanol–water partition coefficient (Wildman–Crippen LogP) is 3.52. The van der Waals surface area contributed by atoms with Crippen molar-refractivity contribution in [2.24, 2.45) is 11.8 Å². The molecule has 3 heterocycles. The Morgan fingerprint density at radius 2 is 2.18 bits per heavy atom. The molecule has 0 radical (unpaired) electrons. The fourth-order valence-electron chi connectivity index (χ4n) is 3.42. The van der Waals surface area contributed by atoms with Gasteiger partial charge in [0.15, 0.2) is 0 Å². The van der Waals surface area contributed by atoms with E-state index in [1.807, 2.05) is 24.7 Å². The summed E-state index contributed by atoms with van der Waals surface area (Å²) in [6.07, 6.45) is 9.29. The lowest BCUT2D eigenvalue weighted by atomic mass is 10.0. The van der Waals surface area contributed by atoms with E-state index < -0.39 is 0 Å². The molecular weight excluding hydrogens is 272 g/mol. The zero-order valence-corrected chi connectivity index (χ0v) is 13.8. The van der Waals surface area contributed by atoms with E-state index in [2.05, 4.69) is 52.7 Å². The summed E-state index contributed by atoms with van der Waals surface area (Å²) in [4.78, 5) is 6.86. The molecule has 1 aliphatic rings. The largest absolute Gasteiger partial charge is 0.292 e. The average molecular weight is 298 g/mol. The first-order valence-electron chi connectivity index (χ1n) is 8.27. The Kier molecular flexibility index (Phi) is 4.57. The number of hydrogen-bond donors (Lipinski definition) is 0. The van der Waals surface area contributed by atoms with Crippen LogP contribution in [0, 0.1) is 11.8 Å². The Hall–Kier alpha value is -1.68. The second-order valence-electron chi connectivity index (χ2n) is 7.04. The Labute approximate surface area is 133 Å². The lowest BCUT2D eigenvalue weighted by molar-refractivity contribution is 0.245. The highest BCUT2D eigenvalue weighted by Crippen LogP contribution is 2.35. The number of aromatic nitrogens is 3. The van der Waals surface area contributed by atoms with Gasteiger partial charge in [-0.2, -0.15) is 5.10 Å². The molecule has 4 nitrogen and oxygen atoms in total. The fourth-order valence-corrected chi connectivity index (χ4v) is 3.42. The molecule has 2 atom stereocenters. The van der Waals surface area contributed by atoms with E-state index in [0.29, 0.717) is 12.0 Å². The molecule has 0 amide bonds. The summed E-state index contributed by atoms with van der Waals surface area (Å²) < 4.78 is 2.07. The van der Waals surface area contributed by atoms with E-state index in [1.54, 1.807) is 0 Å². The van der Waals surface area contributed by atoms with Crippen molar-refractivity contribution in [3.63, 3.8) is 0 Å². The zero-order chi connectivity index (χ0) is 15.5. The molecule has 0 N–H and O–H groups in total. The maximum absolute atomic E-state index is 4.49. The molecule has 2 aromatic heterocycles. The van der Waals surface area contributed by atoms with Gasteiger partial charge in [-0.05, 0) is 29.9 Å². The van der Waals surface area contributed by atoms with E-state index in [1.165, 1.54) is 17.5 Å². The molecule has 0 saturated carbocycles. The van der Waals surface area contributed by atoms with Crippen molar-refractivity contribution in [2.75, 3.05) is 6.54 Å². The second kappa shape index (κ2) is 6.61. The summed E-state index contributed by atoms with van der Waals surface area (Å²) in [7, 11) is 0. The van der Waals surface area contributed by atoms with Gasteiger partial charge in [-0.1, -0.05) is 26.8 Å². The molecular formula is C18H26N4. The van der Waals surface area contributed by atoms with Crippen LogP contribution in [0.3, 0.4) is 0 Å². The van der Waals surface area contributed by atoms with Crippen LogP contribution < -0.4 is 0 Å². The van der Waals surface area contributed by atoms with Gasteiger partial charge in [0.25, 0.3) is 0 Å². The average Bonchev–Trinajstić information content (AvgIpc) is 3.06. The van der Waals surface area contributed by atoms with Crippen LogP contribution in [-0.2, 0) is 13.1 Å². The van der Waals surface area contributed by atoms with Crippen LogP contribution in [0.2, 0.25) is 0 Å². The van der Waals surface area contributed by atoms with E-state index in [0.717, 1.165) is 25.6 Å².